The molecule has 16 heteroatoms. The maximum atomic E-state index is 12.5. The van der Waals surface area contributed by atoms with Crippen molar-refractivity contribution in [3.63, 3.8) is 0 Å². The van der Waals surface area contributed by atoms with E-state index in [9.17, 15) is 29.1 Å². The minimum absolute atomic E-state index is 0.0382. The van der Waals surface area contributed by atoms with Gasteiger partial charge in [0.1, 0.15) is 24.2 Å². The lowest BCUT2D eigenvalue weighted by Gasteiger charge is -2.23. The zero-order valence-corrected chi connectivity index (χ0v) is 18.1. The average molecular weight is 479 g/mol. The van der Waals surface area contributed by atoms with Crippen molar-refractivity contribution in [1.82, 2.24) is 16.0 Å². The number of nitrogens with zero attached hydrogens (tertiary/aromatic N) is 1. The van der Waals surface area contributed by atoms with Crippen LogP contribution >= 0.6 is 12.6 Å². The topological polar surface area (TPSA) is 278 Å². The molecule has 0 aromatic carbocycles. The van der Waals surface area contributed by atoms with E-state index in [0.29, 0.717) is 0 Å². The number of aliphatic carboxylic acids is 1. The Morgan fingerprint density at radius 1 is 0.906 bits per heavy atom. The van der Waals surface area contributed by atoms with Gasteiger partial charge in [-0.3, -0.25) is 24.2 Å². The van der Waals surface area contributed by atoms with Crippen LogP contribution < -0.4 is 38.9 Å². The Morgan fingerprint density at radius 3 is 1.91 bits per heavy atom. The lowest BCUT2D eigenvalue weighted by molar-refractivity contribution is -0.142. The summed E-state index contributed by atoms with van der Waals surface area (Å²) >= 11 is 3.94. The number of aliphatic hydroxyl groups is 1. The molecule has 4 atom stereocenters. The molecule has 0 spiro atoms. The number of aliphatic imine (C=N–C) groups is 1. The lowest BCUT2D eigenvalue weighted by atomic mass is 10.1. The number of carbonyl (C=O) groups excluding carboxylic acids is 4. The summed E-state index contributed by atoms with van der Waals surface area (Å²) in [5.74, 6) is -5.41. The van der Waals surface area contributed by atoms with Gasteiger partial charge in [0.25, 0.3) is 0 Å². The van der Waals surface area contributed by atoms with E-state index in [1.54, 1.807) is 0 Å². The third-order valence-corrected chi connectivity index (χ3v) is 4.31. The van der Waals surface area contributed by atoms with Crippen LogP contribution in [0.4, 0.5) is 0 Å². The molecule has 0 aliphatic rings. The lowest BCUT2D eigenvalue weighted by Crippen LogP contribution is -2.58. The third kappa shape index (κ3) is 11.3. The second-order valence-electron chi connectivity index (χ2n) is 6.61. The molecular weight excluding hydrogens is 448 g/mol. The summed E-state index contributed by atoms with van der Waals surface area (Å²) in [6.07, 6.45) is -0.453. The largest absolute Gasteiger partial charge is 0.480 e. The summed E-state index contributed by atoms with van der Waals surface area (Å²) in [7, 11) is 0. The van der Waals surface area contributed by atoms with E-state index in [1.165, 1.54) is 0 Å². The molecule has 0 aliphatic carbocycles. The van der Waals surface area contributed by atoms with E-state index >= 15 is 0 Å². The van der Waals surface area contributed by atoms with Crippen LogP contribution in [0.15, 0.2) is 4.99 Å². The summed E-state index contributed by atoms with van der Waals surface area (Å²) in [6.45, 7) is -0.540. The van der Waals surface area contributed by atoms with Crippen molar-refractivity contribution in [3.05, 3.63) is 0 Å². The van der Waals surface area contributed by atoms with Crippen LogP contribution in [-0.4, -0.2) is 88.8 Å². The third-order valence-electron chi connectivity index (χ3n) is 3.95. The summed E-state index contributed by atoms with van der Waals surface area (Å²) in [5, 5.41) is 24.9. The van der Waals surface area contributed by atoms with Crippen molar-refractivity contribution in [3.8, 4) is 0 Å². The Morgan fingerprint density at radius 2 is 1.44 bits per heavy atom. The van der Waals surface area contributed by atoms with Gasteiger partial charge in [-0.25, -0.2) is 4.79 Å². The number of hydrogen-bond donors (Lipinski definition) is 10. The second kappa shape index (κ2) is 14.8. The van der Waals surface area contributed by atoms with Crippen LogP contribution in [0.2, 0.25) is 0 Å². The monoisotopic (exact) mass is 478 g/mol. The number of aliphatic hydroxyl groups excluding tert-OH is 1. The summed E-state index contributed by atoms with van der Waals surface area (Å²) in [6, 6.07) is -5.43. The molecule has 0 radical (unpaired) electrons. The number of carboxylic acid groups (broad SMARTS) is 1. The van der Waals surface area contributed by atoms with Crippen LogP contribution in [0.1, 0.15) is 19.3 Å². The predicted octanol–water partition coefficient (Wildman–Crippen LogP) is -5.30. The Kier molecular flexibility index (Phi) is 13.4. The van der Waals surface area contributed by atoms with Gasteiger partial charge in [-0.2, -0.15) is 12.6 Å². The molecule has 0 bridgehead atoms. The Balaban J connectivity index is 5.23. The molecular formula is C16H30N8O7S. The van der Waals surface area contributed by atoms with Gasteiger partial charge in [0.2, 0.25) is 23.6 Å². The Bertz CT molecular complexity index is 717. The van der Waals surface area contributed by atoms with Crippen molar-refractivity contribution >= 4 is 48.2 Å². The first-order chi connectivity index (χ1) is 14.9. The molecule has 0 aromatic heterocycles. The van der Waals surface area contributed by atoms with Crippen molar-refractivity contribution in [2.24, 2.45) is 27.9 Å². The van der Waals surface area contributed by atoms with Crippen LogP contribution in [0.3, 0.4) is 0 Å². The molecule has 0 saturated heterocycles. The fourth-order valence-electron chi connectivity index (χ4n) is 2.27. The summed E-state index contributed by atoms with van der Waals surface area (Å²) in [5.41, 5.74) is 20.8. The van der Waals surface area contributed by atoms with Crippen LogP contribution in [-0.2, 0) is 24.0 Å². The van der Waals surface area contributed by atoms with Gasteiger partial charge in [-0.1, -0.05) is 0 Å². The molecule has 0 heterocycles. The normalized spacial score (nSPS) is 14.2. The maximum Gasteiger partial charge on any atom is 0.326 e. The molecule has 4 unspecified atom stereocenters. The number of carboxylic acids is 1. The number of guanidine groups is 1. The van der Waals surface area contributed by atoms with E-state index < -0.39 is 66.8 Å². The molecule has 182 valence electrons. The highest BCUT2D eigenvalue weighted by Crippen LogP contribution is 2.02. The maximum absolute atomic E-state index is 12.5. The van der Waals surface area contributed by atoms with Crippen molar-refractivity contribution in [1.29, 1.82) is 0 Å². The number of carbonyl (C=O) groups is 5. The van der Waals surface area contributed by atoms with E-state index in [0.717, 1.165) is 0 Å². The molecule has 13 N–H and O–H groups in total. The molecule has 0 saturated carbocycles. The highest BCUT2D eigenvalue weighted by atomic mass is 32.1. The van der Waals surface area contributed by atoms with Gasteiger partial charge in [0, 0.05) is 12.3 Å². The SMILES string of the molecule is NC(=O)CC(NC(=O)C(CS)NC(=O)C(N)CO)C(=O)NC(CCCN=C(N)N)C(=O)O. The fourth-order valence-corrected chi connectivity index (χ4v) is 2.53. The first-order valence-corrected chi connectivity index (χ1v) is 10.0. The van der Waals surface area contributed by atoms with Crippen LogP contribution in [0.25, 0.3) is 0 Å². The number of primary amides is 1. The van der Waals surface area contributed by atoms with Crippen LogP contribution in [0.5, 0.6) is 0 Å². The van der Waals surface area contributed by atoms with Gasteiger partial charge in [-0.05, 0) is 12.8 Å². The molecule has 4 amide bonds. The molecule has 0 aliphatic heterocycles. The Labute approximate surface area is 189 Å². The Hall–Kier alpha value is -3.11. The zero-order valence-electron chi connectivity index (χ0n) is 17.2. The van der Waals surface area contributed by atoms with Gasteiger partial charge < -0.3 is 49.1 Å². The van der Waals surface area contributed by atoms with E-state index in [1.807, 2.05) is 0 Å². The number of nitrogens with two attached hydrogens (primary N) is 4. The predicted molar refractivity (Wildman–Crippen MR) is 116 cm³/mol. The molecule has 32 heavy (non-hydrogen) atoms. The zero-order chi connectivity index (χ0) is 24.8. The molecule has 0 fully saturated rings. The quantitative estimate of drug-likeness (QED) is 0.0461. The average Bonchev–Trinajstić information content (AvgIpc) is 2.71. The highest BCUT2D eigenvalue weighted by Gasteiger charge is 2.30. The minimum atomic E-state index is -1.52. The first kappa shape index (κ1) is 28.9. The second-order valence-corrected chi connectivity index (χ2v) is 6.98. The smallest absolute Gasteiger partial charge is 0.326 e. The van der Waals surface area contributed by atoms with Gasteiger partial charge in [-0.15, -0.1) is 0 Å². The summed E-state index contributed by atoms with van der Waals surface area (Å²) < 4.78 is 0. The van der Waals surface area contributed by atoms with E-state index in [-0.39, 0.29) is 31.1 Å². The number of thiol groups is 1. The van der Waals surface area contributed by atoms with E-state index in [2.05, 4.69) is 33.6 Å². The molecule has 0 aromatic rings. The van der Waals surface area contributed by atoms with Gasteiger partial charge in [0.05, 0.1) is 13.0 Å². The molecule has 15 nitrogen and oxygen atoms in total. The van der Waals surface area contributed by atoms with Gasteiger partial charge >= 0.3 is 5.97 Å². The van der Waals surface area contributed by atoms with Crippen LogP contribution in [0, 0.1) is 0 Å². The van der Waals surface area contributed by atoms with Crippen molar-refractivity contribution in [2.45, 2.75) is 43.4 Å². The number of nitrogens with one attached hydrogen (secondary N) is 3. The number of amides is 4. The first-order valence-electron chi connectivity index (χ1n) is 9.37. The summed E-state index contributed by atoms with van der Waals surface area (Å²) in [4.78, 5) is 63.2. The van der Waals surface area contributed by atoms with Crippen molar-refractivity contribution < 1.29 is 34.2 Å². The standard InChI is InChI=1S/C16H30N8O7S/c17-7(5-25)12(27)24-10(6-32)14(29)23-9(4-11(18)26)13(28)22-8(15(30)31)2-1-3-21-16(19)20/h7-10,25,32H,1-6,17H2,(H2,18,26)(H,22,28)(H,23,29)(H,24,27)(H,30,31)(H4,19,20,21). The number of hydrogen-bond acceptors (Lipinski definition) is 9. The van der Waals surface area contributed by atoms with Crippen molar-refractivity contribution in [2.75, 3.05) is 18.9 Å². The molecule has 0 rings (SSSR count). The minimum Gasteiger partial charge on any atom is -0.480 e. The highest BCUT2D eigenvalue weighted by molar-refractivity contribution is 7.80. The number of rotatable bonds is 15. The fraction of sp³-hybridized carbons (Fsp3) is 0.625. The van der Waals surface area contributed by atoms with Gasteiger partial charge in [0.15, 0.2) is 5.96 Å². The van der Waals surface area contributed by atoms with E-state index in [4.69, 9.17) is 28.0 Å².